The lowest BCUT2D eigenvalue weighted by Crippen LogP contribution is -2.68. The van der Waals surface area contributed by atoms with E-state index in [0.717, 1.165) is 51.1 Å². The lowest BCUT2D eigenvalue weighted by molar-refractivity contribution is -0.139. The second kappa shape index (κ2) is 18.8. The number of carbonyl (C=O) groups excluding carboxylic acids is 1. The first kappa shape index (κ1) is 51.9. The molecule has 4 nitrogen and oxygen atoms in total. The number of esters is 1. The molecule has 1 saturated heterocycles. The highest BCUT2D eigenvalue weighted by atomic mass is 31.2. The zero-order valence-electron chi connectivity index (χ0n) is 40.3. The van der Waals surface area contributed by atoms with Gasteiger partial charge in [0.15, 0.2) is 34.9 Å². The lowest BCUT2D eigenvalue weighted by atomic mass is 9.27. The minimum Gasteiger partial charge on any atom is -0.679 e. The van der Waals surface area contributed by atoms with E-state index in [0.29, 0.717) is 0 Å². The summed E-state index contributed by atoms with van der Waals surface area (Å²) in [5, 5.41) is 1.56. The number of rotatable bonds is 12. The van der Waals surface area contributed by atoms with Crippen LogP contribution in [0.1, 0.15) is 152 Å². The van der Waals surface area contributed by atoms with Gasteiger partial charge in [-0.25, -0.2) is 48.7 Å². The minimum atomic E-state index is -4.78. The number of fused-ring (bicyclic) bond motifs is 1. The van der Waals surface area contributed by atoms with Crippen LogP contribution >= 0.6 is 7.26 Å². The predicted molar refractivity (Wildman–Crippen MR) is 245 cm³/mol. The van der Waals surface area contributed by atoms with Crippen LogP contribution < -0.4 is 21.5 Å². The van der Waals surface area contributed by atoms with E-state index in [1.807, 2.05) is 83.1 Å². The molecule has 6 rings (SSSR count). The predicted octanol–water partition coefficient (Wildman–Crippen LogP) is 12.6. The van der Waals surface area contributed by atoms with Crippen molar-refractivity contribution >= 4 is 41.1 Å². The highest BCUT2D eigenvalue weighted by molar-refractivity contribution is 7.91. The zero-order chi connectivity index (χ0) is 50.3. The summed E-state index contributed by atoms with van der Waals surface area (Å²) >= 11 is 0. The molecule has 0 aliphatic carbocycles. The normalized spacial score (nSPS) is 18.0. The van der Waals surface area contributed by atoms with Gasteiger partial charge in [-0.05, 0) is 74.8 Å². The Bertz CT molecular complexity index is 2420. The standard InChI is InChI=1S/C51H58BF10O4P/c1-21(2)27-15-30(23(5)6)47(31(16-27)24(7)8)67(48-32(25(9)10)17-28(22(3)4)18-33(48)26(11)12)20-29-19-52(35-37(53)41(57)45(61)42(58)38(35)54,36-39(55)43(59)46(62)44(60)40(36)56)66-51(65-14)34(29)49(67)50(63)64-13/h15-18,21-26,29,49H,19-20H2,1-14H3/t29-,49+/m0/s1. The molecule has 364 valence electrons. The van der Waals surface area contributed by atoms with E-state index >= 15 is 39.9 Å². The second-order valence-electron chi connectivity index (χ2n) is 19.9. The largest absolute Gasteiger partial charge is 0.679 e. The van der Waals surface area contributed by atoms with E-state index in [1.165, 1.54) is 7.11 Å². The van der Waals surface area contributed by atoms with Crippen molar-refractivity contribution in [3.63, 3.8) is 0 Å². The minimum absolute atomic E-state index is 0.0115. The van der Waals surface area contributed by atoms with E-state index in [4.69, 9.17) is 14.1 Å². The van der Waals surface area contributed by atoms with Crippen LogP contribution in [-0.4, -0.2) is 38.4 Å². The van der Waals surface area contributed by atoms with Gasteiger partial charge in [0.1, 0.15) is 41.1 Å². The van der Waals surface area contributed by atoms with Crippen molar-refractivity contribution in [1.82, 2.24) is 0 Å². The highest BCUT2D eigenvalue weighted by Crippen LogP contribution is 2.74. The van der Waals surface area contributed by atoms with Crippen LogP contribution in [-0.2, 0) is 18.9 Å². The van der Waals surface area contributed by atoms with Gasteiger partial charge in [-0.1, -0.05) is 118 Å². The number of halogens is 10. The Balaban J connectivity index is 1.95. The molecule has 0 unspecified atom stereocenters. The Morgan fingerprint density at radius 2 is 0.851 bits per heavy atom. The SMILES string of the molecule is COC(=O)[C@H]1C2=C(OC)O[B-](c3c(F)c(F)c(F)c(F)c3F)(c3c(F)c(F)c(F)c(F)c3F)C[C@H]2C[P+]1(c1c(C(C)C)cc(C(C)C)cc1C(C)C)c1c(C(C)C)cc(C(C)C)cc1C(C)C. The molecule has 0 bridgehead atoms. The number of methoxy groups -OCH3 is 2. The van der Waals surface area contributed by atoms with E-state index < -0.39 is 113 Å². The van der Waals surface area contributed by atoms with Crippen LogP contribution in [0, 0.1) is 64.1 Å². The molecule has 4 aromatic rings. The molecule has 0 N–H and O–H groups in total. The summed E-state index contributed by atoms with van der Waals surface area (Å²) in [5.41, 5.74) is 0.0643. The molecule has 1 fully saturated rings. The second-order valence-corrected chi connectivity index (χ2v) is 23.4. The third kappa shape index (κ3) is 8.04. The number of benzene rings is 4. The molecule has 16 heteroatoms. The molecular weight excluding hydrogens is 908 g/mol. The Morgan fingerprint density at radius 3 is 1.12 bits per heavy atom. The Morgan fingerprint density at radius 1 is 0.537 bits per heavy atom. The summed E-state index contributed by atoms with van der Waals surface area (Å²) in [6.45, 7) is 24.2. The molecule has 0 spiro atoms. The zero-order valence-corrected chi connectivity index (χ0v) is 41.2. The van der Waals surface area contributed by atoms with Crippen LogP contribution in [0.5, 0.6) is 0 Å². The lowest BCUT2D eigenvalue weighted by Gasteiger charge is -2.48. The van der Waals surface area contributed by atoms with Crippen LogP contribution in [0.25, 0.3) is 0 Å². The van der Waals surface area contributed by atoms with Crippen molar-refractivity contribution in [2.75, 3.05) is 20.4 Å². The Hall–Kier alpha value is -4.52. The first-order valence-corrected chi connectivity index (χ1v) is 24.7. The molecule has 4 aromatic carbocycles. The van der Waals surface area contributed by atoms with Crippen molar-refractivity contribution in [1.29, 1.82) is 0 Å². The van der Waals surface area contributed by atoms with Crippen molar-refractivity contribution in [2.45, 2.75) is 131 Å². The Labute approximate surface area is 387 Å². The van der Waals surface area contributed by atoms with Crippen molar-refractivity contribution in [3.05, 3.63) is 127 Å². The highest BCUT2D eigenvalue weighted by Gasteiger charge is 2.70. The van der Waals surface area contributed by atoms with Crippen molar-refractivity contribution in [3.8, 4) is 0 Å². The summed E-state index contributed by atoms with van der Waals surface area (Å²) in [7, 11) is -1.51. The number of hydrogen-bond donors (Lipinski definition) is 0. The number of ether oxygens (including phenoxy) is 2. The fourth-order valence-corrected chi connectivity index (χ4v) is 17.4. The molecule has 2 aliphatic rings. The van der Waals surface area contributed by atoms with Gasteiger partial charge in [0.25, 0.3) is 0 Å². The monoisotopic (exact) mass is 966 g/mol. The molecule has 0 saturated carbocycles. The van der Waals surface area contributed by atoms with E-state index in [1.54, 1.807) is 0 Å². The van der Waals surface area contributed by atoms with Gasteiger partial charge in [-0.3, -0.25) is 0 Å². The van der Waals surface area contributed by atoms with Gasteiger partial charge < -0.3 is 14.1 Å². The molecule has 0 aromatic heterocycles. The summed E-state index contributed by atoms with van der Waals surface area (Å²) < 4.78 is 175. The summed E-state index contributed by atoms with van der Waals surface area (Å²) in [5.74, 6) is -29.8. The number of hydrogen-bond acceptors (Lipinski definition) is 4. The first-order valence-electron chi connectivity index (χ1n) is 22.7. The topological polar surface area (TPSA) is 44.8 Å². The average Bonchev–Trinajstić information content (AvgIpc) is 3.62. The van der Waals surface area contributed by atoms with Crippen LogP contribution in [0.2, 0.25) is 6.32 Å². The van der Waals surface area contributed by atoms with E-state index in [-0.39, 0.29) is 47.2 Å². The van der Waals surface area contributed by atoms with E-state index in [9.17, 15) is 8.78 Å². The summed E-state index contributed by atoms with van der Waals surface area (Å²) in [6.07, 6.45) is -6.10. The van der Waals surface area contributed by atoms with Crippen molar-refractivity contribution < 1.29 is 62.8 Å². The fraction of sp³-hybridized carbons (Fsp3) is 0.471. The van der Waals surface area contributed by atoms with Gasteiger partial charge in [0.2, 0.25) is 18.0 Å². The van der Waals surface area contributed by atoms with Crippen LogP contribution in [0.4, 0.5) is 43.9 Å². The molecule has 0 amide bonds. The van der Waals surface area contributed by atoms with Gasteiger partial charge in [-0.2, -0.15) is 0 Å². The maximum Gasteiger partial charge on any atom is 0.352 e. The fourth-order valence-electron chi connectivity index (χ4n) is 10.6. The molecule has 0 radical (unpaired) electrons. The maximum absolute atomic E-state index is 16.5. The van der Waals surface area contributed by atoms with Crippen molar-refractivity contribution in [2.24, 2.45) is 5.92 Å². The average molecular weight is 967 g/mol. The molecule has 2 heterocycles. The third-order valence-corrected chi connectivity index (χ3v) is 18.9. The van der Waals surface area contributed by atoms with Gasteiger partial charge >= 0.3 is 5.97 Å². The molecular formula is C51H58BF10O4P. The Kier molecular flexibility index (Phi) is 14.5. The maximum atomic E-state index is 16.5. The molecule has 67 heavy (non-hydrogen) atoms. The molecule has 2 aliphatic heterocycles. The van der Waals surface area contributed by atoms with E-state index in [2.05, 4.69) is 24.3 Å². The van der Waals surface area contributed by atoms with Gasteiger partial charge in [-0.15, -0.1) is 6.32 Å². The smallest absolute Gasteiger partial charge is 0.352 e. The quantitative estimate of drug-likeness (QED) is 0.0354. The summed E-state index contributed by atoms with van der Waals surface area (Å²) in [4.78, 5) is 15.3. The number of carbonyl (C=O) groups is 1. The molecule has 2 atom stereocenters. The third-order valence-electron chi connectivity index (χ3n) is 13.9. The first-order chi connectivity index (χ1) is 31.2. The van der Waals surface area contributed by atoms with Crippen LogP contribution in [0.15, 0.2) is 35.8 Å². The van der Waals surface area contributed by atoms with Gasteiger partial charge in [0, 0.05) is 0 Å². The van der Waals surface area contributed by atoms with Crippen LogP contribution in [0.3, 0.4) is 0 Å². The summed E-state index contributed by atoms with van der Waals surface area (Å²) in [6, 6.07) is 8.34. The van der Waals surface area contributed by atoms with Gasteiger partial charge in [0.05, 0.1) is 26.0 Å².